The molecular formula is C15H14ClN2O3P. The van der Waals surface area contributed by atoms with E-state index in [1.54, 1.807) is 37.3 Å². The number of hydrogen-bond donors (Lipinski definition) is 1. The number of carbonyl (C=O) groups is 2. The number of rotatable bonds is 4. The highest BCUT2D eigenvalue weighted by atomic mass is 35.5. The Labute approximate surface area is 135 Å². The monoisotopic (exact) mass is 336 g/mol. The number of ether oxygens (including phenoxy) is 1. The van der Waals surface area contributed by atoms with Gasteiger partial charge in [-0.15, -0.1) is 9.24 Å². The van der Waals surface area contributed by atoms with Crippen LogP contribution in [0.25, 0.3) is 0 Å². The molecule has 7 heteroatoms. The molecule has 22 heavy (non-hydrogen) atoms. The summed E-state index contributed by atoms with van der Waals surface area (Å²) in [5, 5.41) is 3.56. The lowest BCUT2D eigenvalue weighted by Crippen LogP contribution is -2.15. The molecule has 2 rings (SSSR count). The molecule has 1 aromatic heterocycles. The molecule has 2 aromatic rings. The number of nitrogens with one attached hydrogen (secondary N) is 1. The molecule has 0 aliphatic heterocycles. The van der Waals surface area contributed by atoms with Gasteiger partial charge in [-0.3, -0.25) is 4.79 Å². The predicted molar refractivity (Wildman–Crippen MR) is 88.9 cm³/mol. The number of anilines is 1. The maximum atomic E-state index is 12.2. The van der Waals surface area contributed by atoms with Gasteiger partial charge in [-0.25, -0.2) is 9.78 Å². The number of esters is 1. The van der Waals surface area contributed by atoms with Gasteiger partial charge in [0.2, 0.25) is 0 Å². The zero-order chi connectivity index (χ0) is 16.1. The van der Waals surface area contributed by atoms with Crippen molar-refractivity contribution in [3.05, 3.63) is 52.8 Å². The Bertz CT molecular complexity index is 722. The standard InChI is InChI=1S/C15H14ClN2O3P/c1-2-21-15(20)9-6-10(8-11(22)7-9)18-14(19)12-4-3-5-17-13(12)16/h3-8H,2,22H2,1H3,(H,18,19). The number of aromatic nitrogens is 1. The second-order valence-corrected chi connectivity index (χ2v) is 5.38. The third-order valence-corrected chi connectivity index (χ3v) is 3.36. The Morgan fingerprint density at radius 2 is 2.14 bits per heavy atom. The molecule has 0 bridgehead atoms. The molecule has 0 fully saturated rings. The van der Waals surface area contributed by atoms with Gasteiger partial charge in [-0.2, -0.15) is 0 Å². The average molecular weight is 337 g/mol. The lowest BCUT2D eigenvalue weighted by atomic mass is 10.2. The van der Waals surface area contributed by atoms with Crippen molar-refractivity contribution in [1.82, 2.24) is 4.98 Å². The van der Waals surface area contributed by atoms with Crippen molar-refractivity contribution in [2.45, 2.75) is 6.92 Å². The Morgan fingerprint density at radius 1 is 1.36 bits per heavy atom. The first-order valence-electron chi connectivity index (χ1n) is 6.51. The largest absolute Gasteiger partial charge is 0.462 e. The van der Waals surface area contributed by atoms with Crippen LogP contribution in [-0.4, -0.2) is 23.5 Å². The number of halogens is 1. The summed E-state index contributed by atoms with van der Waals surface area (Å²) < 4.78 is 4.95. The van der Waals surface area contributed by atoms with E-state index in [0.29, 0.717) is 11.3 Å². The van der Waals surface area contributed by atoms with Crippen LogP contribution in [0.5, 0.6) is 0 Å². The van der Waals surface area contributed by atoms with Crippen molar-refractivity contribution in [2.75, 3.05) is 11.9 Å². The highest BCUT2D eigenvalue weighted by molar-refractivity contribution is 7.27. The summed E-state index contributed by atoms with van der Waals surface area (Å²) >= 11 is 5.89. The molecule has 1 heterocycles. The minimum Gasteiger partial charge on any atom is -0.462 e. The molecule has 1 unspecified atom stereocenters. The third-order valence-electron chi connectivity index (χ3n) is 2.73. The highest BCUT2D eigenvalue weighted by Gasteiger charge is 2.13. The minimum absolute atomic E-state index is 0.118. The minimum atomic E-state index is -0.443. The highest BCUT2D eigenvalue weighted by Crippen LogP contribution is 2.16. The molecule has 1 aromatic carbocycles. The molecule has 0 saturated carbocycles. The van der Waals surface area contributed by atoms with Crippen LogP contribution in [0, 0.1) is 0 Å². The fourth-order valence-corrected chi connectivity index (χ4v) is 2.37. The van der Waals surface area contributed by atoms with E-state index in [1.807, 2.05) is 0 Å². The zero-order valence-electron chi connectivity index (χ0n) is 11.8. The van der Waals surface area contributed by atoms with E-state index in [4.69, 9.17) is 16.3 Å². The van der Waals surface area contributed by atoms with Crippen LogP contribution in [0.4, 0.5) is 5.69 Å². The van der Waals surface area contributed by atoms with Crippen LogP contribution in [0.3, 0.4) is 0 Å². The first-order chi connectivity index (χ1) is 10.5. The van der Waals surface area contributed by atoms with Gasteiger partial charge in [0.05, 0.1) is 17.7 Å². The molecule has 0 saturated heterocycles. The van der Waals surface area contributed by atoms with E-state index in [-0.39, 0.29) is 17.3 Å². The lowest BCUT2D eigenvalue weighted by molar-refractivity contribution is 0.0526. The molecule has 114 valence electrons. The Hall–Kier alpha value is -1.97. The van der Waals surface area contributed by atoms with Crippen LogP contribution < -0.4 is 10.6 Å². The van der Waals surface area contributed by atoms with E-state index >= 15 is 0 Å². The summed E-state index contributed by atoms with van der Waals surface area (Å²) in [7, 11) is 2.48. The van der Waals surface area contributed by atoms with Gasteiger partial charge in [-0.1, -0.05) is 11.6 Å². The smallest absolute Gasteiger partial charge is 0.338 e. The molecule has 5 nitrogen and oxygen atoms in total. The molecule has 1 atom stereocenters. The second kappa shape index (κ2) is 7.34. The average Bonchev–Trinajstić information content (AvgIpc) is 2.47. The van der Waals surface area contributed by atoms with Crippen molar-refractivity contribution in [2.24, 2.45) is 0 Å². The summed E-state index contributed by atoms with van der Waals surface area (Å²) in [6.07, 6.45) is 1.50. The van der Waals surface area contributed by atoms with Crippen LogP contribution in [0.1, 0.15) is 27.6 Å². The van der Waals surface area contributed by atoms with Crippen molar-refractivity contribution in [3.63, 3.8) is 0 Å². The quantitative estimate of drug-likeness (QED) is 0.529. The maximum Gasteiger partial charge on any atom is 0.338 e. The number of pyridine rings is 1. The van der Waals surface area contributed by atoms with Gasteiger partial charge in [0, 0.05) is 11.9 Å². The van der Waals surface area contributed by atoms with Gasteiger partial charge < -0.3 is 10.1 Å². The van der Waals surface area contributed by atoms with Crippen LogP contribution in [-0.2, 0) is 4.74 Å². The topological polar surface area (TPSA) is 68.3 Å². The summed E-state index contributed by atoms with van der Waals surface area (Å²) in [5.74, 6) is -0.842. The molecule has 0 aliphatic carbocycles. The van der Waals surface area contributed by atoms with Gasteiger partial charge in [0.1, 0.15) is 5.15 Å². The first-order valence-corrected chi connectivity index (χ1v) is 7.46. The van der Waals surface area contributed by atoms with Crippen LogP contribution >= 0.6 is 20.8 Å². The zero-order valence-corrected chi connectivity index (χ0v) is 13.7. The van der Waals surface area contributed by atoms with Gasteiger partial charge in [0.25, 0.3) is 5.91 Å². The fourth-order valence-electron chi connectivity index (χ4n) is 1.81. The second-order valence-electron chi connectivity index (χ2n) is 4.36. The van der Waals surface area contributed by atoms with Crippen molar-refractivity contribution in [3.8, 4) is 0 Å². The number of amides is 1. The van der Waals surface area contributed by atoms with E-state index < -0.39 is 11.9 Å². The molecule has 0 aliphatic rings. The van der Waals surface area contributed by atoms with E-state index in [1.165, 1.54) is 6.20 Å². The van der Waals surface area contributed by atoms with Gasteiger partial charge >= 0.3 is 5.97 Å². The third kappa shape index (κ3) is 4.03. The Balaban J connectivity index is 2.24. The maximum absolute atomic E-state index is 12.2. The van der Waals surface area contributed by atoms with E-state index in [0.717, 1.165) is 5.30 Å². The predicted octanol–water partition coefficient (Wildman–Crippen LogP) is 2.66. The summed E-state index contributed by atoms with van der Waals surface area (Å²) in [6, 6.07) is 8.12. The molecular weight excluding hydrogens is 323 g/mol. The molecule has 0 radical (unpaired) electrons. The van der Waals surface area contributed by atoms with E-state index in [2.05, 4.69) is 19.5 Å². The van der Waals surface area contributed by atoms with Crippen LogP contribution in [0.15, 0.2) is 36.5 Å². The van der Waals surface area contributed by atoms with Crippen molar-refractivity contribution < 1.29 is 14.3 Å². The summed E-state index contributed by atoms with van der Waals surface area (Å²) in [6.45, 7) is 2.02. The first kappa shape index (κ1) is 16.4. The van der Waals surface area contributed by atoms with Gasteiger partial charge in [-0.05, 0) is 42.6 Å². The number of nitrogens with zero attached hydrogens (tertiary/aromatic N) is 1. The van der Waals surface area contributed by atoms with Crippen molar-refractivity contribution in [1.29, 1.82) is 0 Å². The number of hydrogen-bond acceptors (Lipinski definition) is 4. The normalized spacial score (nSPS) is 10.1. The number of carbonyl (C=O) groups excluding carboxylic acids is 2. The van der Waals surface area contributed by atoms with Crippen molar-refractivity contribution >= 4 is 43.7 Å². The number of benzene rings is 1. The fraction of sp³-hybridized carbons (Fsp3) is 0.133. The molecule has 1 amide bonds. The van der Waals surface area contributed by atoms with E-state index in [9.17, 15) is 9.59 Å². The Morgan fingerprint density at radius 3 is 2.82 bits per heavy atom. The lowest BCUT2D eigenvalue weighted by Gasteiger charge is -2.09. The summed E-state index contributed by atoms with van der Waals surface area (Å²) in [5.41, 5.74) is 1.10. The SMILES string of the molecule is CCOC(=O)c1cc(P)cc(NC(=O)c2cccnc2Cl)c1. The van der Waals surface area contributed by atoms with Crippen LogP contribution in [0.2, 0.25) is 5.15 Å². The summed E-state index contributed by atoms with van der Waals surface area (Å²) in [4.78, 5) is 27.8. The Kier molecular flexibility index (Phi) is 5.47. The molecule has 1 N–H and O–H groups in total. The molecule has 0 spiro atoms. The van der Waals surface area contributed by atoms with Gasteiger partial charge in [0.15, 0.2) is 0 Å².